The number of carbonyl (C=O) groups is 1. The Kier molecular flexibility index (Phi) is 5.11. The highest BCUT2D eigenvalue weighted by Crippen LogP contribution is 2.31. The normalized spacial score (nSPS) is 17.9. The summed E-state index contributed by atoms with van der Waals surface area (Å²) in [4.78, 5) is 11.9. The largest absolute Gasteiger partial charge is 0.416 e. The number of nitrogens with one attached hydrogen (secondary N) is 1. The Labute approximate surface area is 128 Å². The molecule has 1 fully saturated rings. The van der Waals surface area contributed by atoms with Crippen LogP contribution in [0.5, 0.6) is 0 Å². The minimum atomic E-state index is -4.34. The van der Waals surface area contributed by atoms with Gasteiger partial charge in [-0.1, -0.05) is 19.1 Å². The maximum absolute atomic E-state index is 12.5. The molecule has 0 radical (unpaired) electrons. The zero-order chi connectivity index (χ0) is 16.3. The molecule has 1 aromatic rings. The Morgan fingerprint density at radius 3 is 2.41 bits per heavy atom. The van der Waals surface area contributed by atoms with Crippen molar-refractivity contribution in [2.75, 3.05) is 6.54 Å². The number of rotatable bonds is 6. The molecule has 0 bridgehead atoms. The lowest BCUT2D eigenvalue weighted by atomic mass is 9.96. The van der Waals surface area contributed by atoms with Crippen LogP contribution in [0.2, 0.25) is 0 Å². The fourth-order valence-corrected chi connectivity index (χ4v) is 2.39. The first kappa shape index (κ1) is 16.8. The molecule has 2 unspecified atom stereocenters. The van der Waals surface area contributed by atoms with Crippen LogP contribution < -0.4 is 11.1 Å². The lowest BCUT2D eigenvalue weighted by Gasteiger charge is -2.15. The number of hydrogen-bond acceptors (Lipinski definition) is 2. The van der Waals surface area contributed by atoms with Gasteiger partial charge in [0.05, 0.1) is 5.56 Å². The third kappa shape index (κ3) is 4.73. The fraction of sp³-hybridized carbons (Fsp3) is 0.562. The summed E-state index contributed by atoms with van der Waals surface area (Å²) < 4.78 is 37.5. The summed E-state index contributed by atoms with van der Waals surface area (Å²) in [6.07, 6.45) is -1.85. The molecule has 6 heteroatoms. The van der Waals surface area contributed by atoms with E-state index in [2.05, 4.69) is 5.32 Å². The molecule has 122 valence electrons. The van der Waals surface area contributed by atoms with Crippen molar-refractivity contribution in [1.29, 1.82) is 0 Å². The molecule has 1 aliphatic rings. The maximum atomic E-state index is 12.5. The Morgan fingerprint density at radius 1 is 1.32 bits per heavy atom. The SMILES string of the molecule is CC(CC(=O)NCC(N)C1CC1)c1ccc(C(F)(F)F)cc1. The lowest BCUT2D eigenvalue weighted by Crippen LogP contribution is -2.38. The summed E-state index contributed by atoms with van der Waals surface area (Å²) in [5.74, 6) is 0.260. The molecule has 3 N–H and O–H groups in total. The van der Waals surface area contributed by atoms with Gasteiger partial charge in [0.1, 0.15) is 0 Å². The van der Waals surface area contributed by atoms with Gasteiger partial charge in [0.25, 0.3) is 0 Å². The van der Waals surface area contributed by atoms with E-state index >= 15 is 0 Å². The molecular weight excluding hydrogens is 293 g/mol. The Balaban J connectivity index is 1.82. The Hall–Kier alpha value is -1.56. The molecule has 1 aromatic carbocycles. The quantitative estimate of drug-likeness (QED) is 0.848. The molecule has 1 saturated carbocycles. The van der Waals surface area contributed by atoms with Crippen molar-refractivity contribution in [2.24, 2.45) is 11.7 Å². The number of amides is 1. The van der Waals surface area contributed by atoms with Gasteiger partial charge in [-0.3, -0.25) is 4.79 Å². The van der Waals surface area contributed by atoms with Gasteiger partial charge in [0.2, 0.25) is 5.91 Å². The van der Waals surface area contributed by atoms with Gasteiger partial charge in [0.15, 0.2) is 0 Å². The van der Waals surface area contributed by atoms with E-state index in [0.29, 0.717) is 12.5 Å². The van der Waals surface area contributed by atoms with Gasteiger partial charge in [0, 0.05) is 19.0 Å². The van der Waals surface area contributed by atoms with Gasteiger partial charge in [-0.05, 0) is 42.4 Å². The molecule has 2 rings (SSSR count). The second-order valence-corrected chi connectivity index (χ2v) is 6.03. The zero-order valence-corrected chi connectivity index (χ0v) is 12.5. The topological polar surface area (TPSA) is 55.1 Å². The van der Waals surface area contributed by atoms with Crippen LogP contribution in [0.3, 0.4) is 0 Å². The first-order valence-corrected chi connectivity index (χ1v) is 7.47. The lowest BCUT2D eigenvalue weighted by molar-refractivity contribution is -0.137. The number of hydrogen-bond donors (Lipinski definition) is 2. The summed E-state index contributed by atoms with van der Waals surface area (Å²) in [6.45, 7) is 2.28. The first-order chi connectivity index (χ1) is 10.3. The molecule has 2 atom stereocenters. The Morgan fingerprint density at radius 2 is 1.91 bits per heavy atom. The van der Waals surface area contributed by atoms with Crippen molar-refractivity contribution >= 4 is 5.91 Å². The third-order valence-electron chi connectivity index (χ3n) is 4.06. The van der Waals surface area contributed by atoms with Crippen molar-refractivity contribution in [3.8, 4) is 0 Å². The van der Waals surface area contributed by atoms with Crippen LogP contribution in [0.1, 0.15) is 43.2 Å². The van der Waals surface area contributed by atoms with Gasteiger partial charge < -0.3 is 11.1 Å². The molecule has 0 aromatic heterocycles. The molecule has 22 heavy (non-hydrogen) atoms. The number of halogens is 3. The summed E-state index contributed by atoms with van der Waals surface area (Å²) in [7, 11) is 0. The van der Waals surface area contributed by atoms with Crippen LogP contribution in [0, 0.1) is 5.92 Å². The van der Waals surface area contributed by atoms with Crippen LogP contribution in [-0.2, 0) is 11.0 Å². The molecule has 3 nitrogen and oxygen atoms in total. The van der Waals surface area contributed by atoms with Crippen molar-refractivity contribution in [3.63, 3.8) is 0 Å². The van der Waals surface area contributed by atoms with E-state index in [0.717, 1.165) is 30.5 Å². The summed E-state index contributed by atoms with van der Waals surface area (Å²) >= 11 is 0. The zero-order valence-electron chi connectivity index (χ0n) is 12.5. The second kappa shape index (κ2) is 6.69. The molecule has 1 aliphatic carbocycles. The van der Waals surface area contributed by atoms with E-state index in [1.807, 2.05) is 6.92 Å². The monoisotopic (exact) mass is 314 g/mol. The Bertz CT molecular complexity index is 509. The molecule has 0 aliphatic heterocycles. The fourth-order valence-electron chi connectivity index (χ4n) is 2.39. The number of carbonyl (C=O) groups excluding carboxylic acids is 1. The standard InChI is InChI=1S/C16H21F3N2O/c1-10(8-15(22)21-9-14(20)12-2-3-12)11-4-6-13(7-5-11)16(17,18)19/h4-7,10,12,14H,2-3,8-9,20H2,1H3,(H,21,22). The molecule has 0 saturated heterocycles. The van der Waals surface area contributed by atoms with Crippen molar-refractivity contribution < 1.29 is 18.0 Å². The summed E-state index contributed by atoms with van der Waals surface area (Å²) in [5, 5.41) is 2.80. The van der Waals surface area contributed by atoms with Crippen LogP contribution in [0.4, 0.5) is 13.2 Å². The van der Waals surface area contributed by atoms with Crippen LogP contribution >= 0.6 is 0 Å². The van der Waals surface area contributed by atoms with Gasteiger partial charge in [-0.2, -0.15) is 13.2 Å². The van der Waals surface area contributed by atoms with Crippen molar-refractivity contribution in [1.82, 2.24) is 5.32 Å². The van der Waals surface area contributed by atoms with Crippen LogP contribution in [0.25, 0.3) is 0 Å². The van der Waals surface area contributed by atoms with Gasteiger partial charge in [-0.15, -0.1) is 0 Å². The summed E-state index contributed by atoms with van der Waals surface area (Å²) in [5.41, 5.74) is 5.95. The molecule has 1 amide bonds. The highest BCUT2D eigenvalue weighted by molar-refractivity contribution is 5.76. The van der Waals surface area contributed by atoms with E-state index in [9.17, 15) is 18.0 Å². The average Bonchev–Trinajstić information content (AvgIpc) is 3.28. The van der Waals surface area contributed by atoms with Crippen molar-refractivity contribution in [3.05, 3.63) is 35.4 Å². The first-order valence-electron chi connectivity index (χ1n) is 7.47. The maximum Gasteiger partial charge on any atom is 0.416 e. The highest BCUT2D eigenvalue weighted by atomic mass is 19.4. The predicted octanol–water partition coefficient (Wildman–Crippen LogP) is 3.05. The van der Waals surface area contributed by atoms with E-state index in [1.165, 1.54) is 12.1 Å². The average molecular weight is 314 g/mol. The van der Waals surface area contributed by atoms with Crippen molar-refractivity contribution in [2.45, 2.75) is 44.3 Å². The smallest absolute Gasteiger partial charge is 0.355 e. The molecule has 0 heterocycles. The minimum absolute atomic E-state index is 0.00493. The minimum Gasteiger partial charge on any atom is -0.355 e. The number of nitrogens with two attached hydrogens (primary N) is 1. The third-order valence-corrected chi connectivity index (χ3v) is 4.06. The van der Waals surface area contributed by atoms with E-state index < -0.39 is 11.7 Å². The van der Waals surface area contributed by atoms with Gasteiger partial charge in [-0.25, -0.2) is 0 Å². The molecular formula is C16H21F3N2O. The number of benzene rings is 1. The highest BCUT2D eigenvalue weighted by Gasteiger charge is 2.30. The number of alkyl halides is 3. The predicted molar refractivity (Wildman–Crippen MR) is 78.2 cm³/mol. The van der Waals surface area contributed by atoms with Crippen LogP contribution in [-0.4, -0.2) is 18.5 Å². The van der Waals surface area contributed by atoms with Crippen LogP contribution in [0.15, 0.2) is 24.3 Å². The van der Waals surface area contributed by atoms with E-state index in [-0.39, 0.29) is 24.3 Å². The van der Waals surface area contributed by atoms with E-state index in [4.69, 9.17) is 5.73 Å². The summed E-state index contributed by atoms with van der Waals surface area (Å²) in [6, 6.07) is 4.96. The molecule has 0 spiro atoms. The van der Waals surface area contributed by atoms with E-state index in [1.54, 1.807) is 0 Å². The van der Waals surface area contributed by atoms with Gasteiger partial charge >= 0.3 is 6.18 Å². The second-order valence-electron chi connectivity index (χ2n) is 6.03.